The minimum absolute atomic E-state index is 0.511. The summed E-state index contributed by atoms with van der Waals surface area (Å²) in [5, 5.41) is 20.5. The molecule has 2 rings (SSSR count). The van der Waals surface area contributed by atoms with E-state index >= 15 is 0 Å². The van der Waals surface area contributed by atoms with Gasteiger partial charge < -0.3 is 14.8 Å². The molecule has 0 bridgehead atoms. The highest BCUT2D eigenvalue weighted by Gasteiger charge is 2.16. The van der Waals surface area contributed by atoms with Crippen LogP contribution in [0.1, 0.15) is 26.2 Å². The molecule has 4 heteroatoms. The van der Waals surface area contributed by atoms with E-state index in [4.69, 9.17) is 4.74 Å². The maximum absolute atomic E-state index is 9.37. The Morgan fingerprint density at radius 3 is 2.42 bits per heavy atom. The molecule has 3 nitrogen and oxygen atoms in total. The van der Waals surface area contributed by atoms with Crippen LogP contribution in [0.4, 0.5) is 0 Å². The van der Waals surface area contributed by atoms with E-state index in [1.807, 2.05) is 30.3 Å². The van der Waals surface area contributed by atoms with Crippen molar-refractivity contribution in [2.45, 2.75) is 26.2 Å². The van der Waals surface area contributed by atoms with E-state index < -0.39 is 7.12 Å². The summed E-state index contributed by atoms with van der Waals surface area (Å²) in [5.74, 6) is 0.802. The number of unbranched alkanes of at least 4 members (excludes halogenated alkanes) is 2. The van der Waals surface area contributed by atoms with Gasteiger partial charge in [0.25, 0.3) is 0 Å². The Balaban J connectivity index is 2.28. The normalized spacial score (nSPS) is 10.7. The molecule has 0 aromatic heterocycles. The van der Waals surface area contributed by atoms with Gasteiger partial charge in [0.1, 0.15) is 5.75 Å². The SMILES string of the molecule is CCCCCOc1ccc(B(O)O)c2ccccc12. The van der Waals surface area contributed by atoms with Crippen molar-refractivity contribution in [3.63, 3.8) is 0 Å². The van der Waals surface area contributed by atoms with E-state index in [1.165, 1.54) is 6.42 Å². The number of benzene rings is 2. The number of fused-ring (bicyclic) bond motifs is 1. The lowest BCUT2D eigenvalue weighted by Gasteiger charge is -2.12. The molecule has 0 aliphatic rings. The molecule has 0 fully saturated rings. The van der Waals surface area contributed by atoms with Crippen LogP contribution in [0, 0.1) is 0 Å². The zero-order valence-corrected chi connectivity index (χ0v) is 11.2. The first-order chi connectivity index (χ1) is 9.24. The maximum Gasteiger partial charge on any atom is 0.489 e. The molecule has 0 saturated heterocycles. The van der Waals surface area contributed by atoms with Crippen LogP contribution in [0.15, 0.2) is 36.4 Å². The van der Waals surface area contributed by atoms with E-state index in [0.29, 0.717) is 12.1 Å². The second kappa shape index (κ2) is 6.59. The third-order valence-corrected chi connectivity index (χ3v) is 3.20. The fourth-order valence-corrected chi connectivity index (χ4v) is 2.18. The summed E-state index contributed by atoms with van der Waals surface area (Å²) in [4.78, 5) is 0. The van der Waals surface area contributed by atoms with Gasteiger partial charge in [-0.15, -0.1) is 0 Å². The van der Waals surface area contributed by atoms with Crippen LogP contribution < -0.4 is 10.2 Å². The van der Waals surface area contributed by atoms with Crippen molar-refractivity contribution < 1.29 is 14.8 Å². The van der Waals surface area contributed by atoms with Crippen LogP contribution in [0.3, 0.4) is 0 Å². The largest absolute Gasteiger partial charge is 0.493 e. The smallest absolute Gasteiger partial charge is 0.489 e. The minimum Gasteiger partial charge on any atom is -0.493 e. The van der Waals surface area contributed by atoms with Gasteiger partial charge in [-0.3, -0.25) is 0 Å². The van der Waals surface area contributed by atoms with E-state index in [1.54, 1.807) is 6.07 Å². The summed E-state index contributed by atoms with van der Waals surface area (Å²) in [6, 6.07) is 11.1. The van der Waals surface area contributed by atoms with Crippen molar-refractivity contribution in [1.29, 1.82) is 0 Å². The highest BCUT2D eigenvalue weighted by Crippen LogP contribution is 2.24. The van der Waals surface area contributed by atoms with Gasteiger partial charge in [-0.2, -0.15) is 0 Å². The second-order valence-electron chi connectivity index (χ2n) is 4.63. The van der Waals surface area contributed by atoms with Crippen LogP contribution in [0.25, 0.3) is 10.8 Å². The predicted molar refractivity (Wildman–Crippen MR) is 78.8 cm³/mol. The highest BCUT2D eigenvalue weighted by molar-refractivity contribution is 6.62. The van der Waals surface area contributed by atoms with Crippen molar-refractivity contribution in [2.24, 2.45) is 0 Å². The average Bonchev–Trinajstić information content (AvgIpc) is 2.43. The monoisotopic (exact) mass is 258 g/mol. The molecular formula is C15H19BO3. The van der Waals surface area contributed by atoms with E-state index in [2.05, 4.69) is 6.92 Å². The average molecular weight is 258 g/mol. The van der Waals surface area contributed by atoms with Crippen LogP contribution in [0.2, 0.25) is 0 Å². The summed E-state index contributed by atoms with van der Waals surface area (Å²) in [6.45, 7) is 2.85. The molecule has 0 amide bonds. The summed E-state index contributed by atoms with van der Waals surface area (Å²) >= 11 is 0. The number of hydrogen-bond donors (Lipinski definition) is 2. The summed E-state index contributed by atoms with van der Waals surface area (Å²) in [6.07, 6.45) is 3.36. The third-order valence-electron chi connectivity index (χ3n) is 3.20. The second-order valence-corrected chi connectivity index (χ2v) is 4.63. The number of rotatable bonds is 6. The van der Waals surface area contributed by atoms with Crippen LogP contribution >= 0.6 is 0 Å². The molecule has 0 radical (unpaired) electrons. The van der Waals surface area contributed by atoms with E-state index in [0.717, 1.165) is 29.4 Å². The fraction of sp³-hybridized carbons (Fsp3) is 0.333. The molecule has 19 heavy (non-hydrogen) atoms. The fourth-order valence-electron chi connectivity index (χ4n) is 2.18. The summed E-state index contributed by atoms with van der Waals surface area (Å²) in [7, 11) is -1.46. The lowest BCUT2D eigenvalue weighted by Crippen LogP contribution is -2.30. The van der Waals surface area contributed by atoms with Gasteiger partial charge in [0.05, 0.1) is 6.61 Å². The van der Waals surface area contributed by atoms with Crippen molar-refractivity contribution in [1.82, 2.24) is 0 Å². The molecule has 0 saturated carbocycles. The molecule has 2 aromatic carbocycles. The van der Waals surface area contributed by atoms with Gasteiger partial charge >= 0.3 is 7.12 Å². The van der Waals surface area contributed by atoms with Gasteiger partial charge in [-0.25, -0.2) is 0 Å². The molecule has 0 atom stereocenters. The van der Waals surface area contributed by atoms with Gasteiger partial charge in [-0.05, 0) is 23.3 Å². The molecule has 0 heterocycles. The highest BCUT2D eigenvalue weighted by atomic mass is 16.5. The topological polar surface area (TPSA) is 49.7 Å². The molecule has 2 aromatic rings. The quantitative estimate of drug-likeness (QED) is 0.616. The Kier molecular flexibility index (Phi) is 4.83. The Morgan fingerprint density at radius 2 is 1.74 bits per heavy atom. The Labute approximate surface area is 114 Å². The van der Waals surface area contributed by atoms with Gasteiger partial charge in [0, 0.05) is 5.39 Å². The lowest BCUT2D eigenvalue weighted by molar-refractivity contribution is 0.310. The van der Waals surface area contributed by atoms with Crippen LogP contribution in [-0.2, 0) is 0 Å². The summed E-state index contributed by atoms with van der Waals surface area (Å²) in [5.41, 5.74) is 0.511. The van der Waals surface area contributed by atoms with Crippen molar-refractivity contribution in [2.75, 3.05) is 6.61 Å². The predicted octanol–water partition coefficient (Wildman–Crippen LogP) is 2.09. The maximum atomic E-state index is 9.37. The molecule has 0 spiro atoms. The van der Waals surface area contributed by atoms with Gasteiger partial charge in [0.15, 0.2) is 0 Å². The van der Waals surface area contributed by atoms with Crippen molar-refractivity contribution in [3.8, 4) is 5.75 Å². The van der Waals surface area contributed by atoms with E-state index in [-0.39, 0.29) is 0 Å². The van der Waals surface area contributed by atoms with Gasteiger partial charge in [0.2, 0.25) is 0 Å². The first kappa shape index (κ1) is 13.9. The Hall–Kier alpha value is -1.52. The first-order valence-electron chi connectivity index (χ1n) is 6.74. The lowest BCUT2D eigenvalue weighted by atomic mass is 9.77. The third kappa shape index (κ3) is 3.28. The number of hydrogen-bond acceptors (Lipinski definition) is 3. The molecule has 0 aliphatic heterocycles. The Morgan fingerprint density at radius 1 is 1.00 bits per heavy atom. The molecule has 0 unspecified atom stereocenters. The van der Waals surface area contributed by atoms with Crippen LogP contribution in [0.5, 0.6) is 5.75 Å². The first-order valence-corrected chi connectivity index (χ1v) is 6.74. The molecule has 2 N–H and O–H groups in total. The summed E-state index contributed by atoms with van der Waals surface area (Å²) < 4.78 is 5.79. The zero-order chi connectivity index (χ0) is 13.7. The molecule has 0 aliphatic carbocycles. The Bertz CT molecular complexity index is 540. The van der Waals surface area contributed by atoms with E-state index in [9.17, 15) is 10.0 Å². The molecular weight excluding hydrogens is 239 g/mol. The minimum atomic E-state index is -1.46. The standard InChI is InChI=1S/C15H19BO3/c1-2-3-6-11-19-15-10-9-14(16(17)18)12-7-4-5-8-13(12)15/h4-5,7-10,17-18H,2-3,6,11H2,1H3. The van der Waals surface area contributed by atoms with Crippen LogP contribution in [-0.4, -0.2) is 23.8 Å². The van der Waals surface area contributed by atoms with Crippen molar-refractivity contribution >= 4 is 23.4 Å². The van der Waals surface area contributed by atoms with Gasteiger partial charge in [-0.1, -0.05) is 50.1 Å². The van der Waals surface area contributed by atoms with Crippen molar-refractivity contribution in [3.05, 3.63) is 36.4 Å². The zero-order valence-electron chi connectivity index (χ0n) is 11.2. The molecule has 100 valence electrons. The number of ether oxygens (including phenoxy) is 1.